The molecule has 1 aromatic carbocycles. The molecular formula is C10H11NO4. The van der Waals surface area contributed by atoms with Gasteiger partial charge in [-0.25, -0.2) is 0 Å². The number of benzene rings is 1. The van der Waals surface area contributed by atoms with Crippen LogP contribution in [0.15, 0.2) is 24.3 Å². The summed E-state index contributed by atoms with van der Waals surface area (Å²) in [6.45, 7) is -0.0701. The van der Waals surface area contributed by atoms with Crippen molar-refractivity contribution in [2.24, 2.45) is 0 Å². The maximum absolute atomic E-state index is 10.6. The van der Waals surface area contributed by atoms with Gasteiger partial charge < -0.3 is 9.84 Å². The molecule has 0 aliphatic heterocycles. The van der Waals surface area contributed by atoms with E-state index in [0.717, 1.165) is 5.56 Å². The number of aliphatic hydroxyl groups is 1. The van der Waals surface area contributed by atoms with Gasteiger partial charge in [0.05, 0.1) is 18.6 Å². The first-order chi connectivity index (χ1) is 7.19. The molecule has 0 aliphatic carbocycles. The quantitative estimate of drug-likeness (QED) is 0.604. The molecule has 0 fully saturated rings. The normalized spacial score (nSPS) is 10.5. The Labute approximate surface area is 86.8 Å². The van der Waals surface area contributed by atoms with Gasteiger partial charge in [0.1, 0.15) is 0 Å². The van der Waals surface area contributed by atoms with Crippen molar-refractivity contribution in [1.82, 2.24) is 0 Å². The van der Waals surface area contributed by atoms with Gasteiger partial charge in [-0.15, -0.1) is 0 Å². The van der Waals surface area contributed by atoms with E-state index in [1.807, 2.05) is 0 Å². The first-order valence-electron chi connectivity index (χ1n) is 4.29. The summed E-state index contributed by atoms with van der Waals surface area (Å²) in [5, 5.41) is 19.1. The number of hydrogen-bond donors (Lipinski definition) is 1. The molecule has 80 valence electrons. The zero-order valence-corrected chi connectivity index (χ0v) is 8.21. The highest BCUT2D eigenvalue weighted by molar-refractivity contribution is 5.58. The average molecular weight is 209 g/mol. The Bertz CT molecular complexity index is 387. The topological polar surface area (TPSA) is 72.6 Å². The zero-order chi connectivity index (χ0) is 11.3. The molecule has 0 heterocycles. The first-order valence-corrected chi connectivity index (χ1v) is 4.29. The molecule has 0 bridgehead atoms. The third-order valence-electron chi connectivity index (χ3n) is 1.82. The molecule has 0 radical (unpaired) electrons. The fourth-order valence-corrected chi connectivity index (χ4v) is 1.14. The summed E-state index contributed by atoms with van der Waals surface area (Å²) < 4.78 is 4.89. The van der Waals surface area contributed by atoms with Crippen molar-refractivity contribution in [3.05, 3.63) is 40.0 Å². The van der Waals surface area contributed by atoms with Crippen LogP contribution in [-0.4, -0.2) is 23.7 Å². The minimum Gasteiger partial charge on any atom is -0.490 e. The number of rotatable bonds is 4. The van der Waals surface area contributed by atoms with Crippen LogP contribution in [0.3, 0.4) is 0 Å². The van der Waals surface area contributed by atoms with E-state index in [1.54, 1.807) is 24.3 Å². The lowest BCUT2D eigenvalue weighted by atomic mass is 10.2. The lowest BCUT2D eigenvalue weighted by Crippen LogP contribution is -1.93. The van der Waals surface area contributed by atoms with Gasteiger partial charge in [-0.1, -0.05) is 12.2 Å². The van der Waals surface area contributed by atoms with Crippen molar-refractivity contribution >= 4 is 11.8 Å². The molecule has 1 rings (SSSR count). The van der Waals surface area contributed by atoms with E-state index >= 15 is 0 Å². The van der Waals surface area contributed by atoms with E-state index < -0.39 is 4.92 Å². The molecule has 0 unspecified atom stereocenters. The van der Waals surface area contributed by atoms with Gasteiger partial charge in [0.25, 0.3) is 0 Å². The maximum Gasteiger partial charge on any atom is 0.310 e. The second-order valence-electron chi connectivity index (χ2n) is 2.77. The molecule has 5 nitrogen and oxygen atoms in total. The molecule has 0 atom stereocenters. The number of methoxy groups -OCH3 is 1. The van der Waals surface area contributed by atoms with Crippen LogP contribution in [0.2, 0.25) is 0 Å². The summed E-state index contributed by atoms with van der Waals surface area (Å²) >= 11 is 0. The molecule has 0 saturated heterocycles. The Balaban J connectivity index is 3.07. The lowest BCUT2D eigenvalue weighted by Gasteiger charge is -2.02. The van der Waals surface area contributed by atoms with Gasteiger partial charge >= 0.3 is 5.69 Å². The largest absolute Gasteiger partial charge is 0.490 e. The fourth-order valence-electron chi connectivity index (χ4n) is 1.14. The lowest BCUT2D eigenvalue weighted by molar-refractivity contribution is -0.385. The molecule has 0 aromatic heterocycles. The minimum atomic E-state index is -0.502. The number of ether oxygens (including phenoxy) is 1. The fraction of sp³-hybridized carbons (Fsp3) is 0.200. The SMILES string of the molecule is COc1cc(C=CCO)ccc1[N+](=O)[O-]. The zero-order valence-electron chi connectivity index (χ0n) is 8.21. The van der Waals surface area contributed by atoms with Crippen LogP contribution in [0.25, 0.3) is 6.08 Å². The van der Waals surface area contributed by atoms with E-state index in [-0.39, 0.29) is 18.0 Å². The molecule has 0 saturated carbocycles. The van der Waals surface area contributed by atoms with Gasteiger partial charge in [0.15, 0.2) is 5.75 Å². The van der Waals surface area contributed by atoms with Crippen LogP contribution in [0.4, 0.5) is 5.69 Å². The number of hydrogen-bond acceptors (Lipinski definition) is 4. The summed E-state index contributed by atoms with van der Waals surface area (Å²) in [6.07, 6.45) is 3.20. The monoisotopic (exact) mass is 209 g/mol. The summed E-state index contributed by atoms with van der Waals surface area (Å²) in [6, 6.07) is 4.51. The van der Waals surface area contributed by atoms with Gasteiger partial charge in [-0.3, -0.25) is 10.1 Å². The van der Waals surface area contributed by atoms with Crippen LogP contribution >= 0.6 is 0 Å². The van der Waals surface area contributed by atoms with Crippen molar-refractivity contribution in [2.45, 2.75) is 0 Å². The molecule has 5 heteroatoms. The second-order valence-corrected chi connectivity index (χ2v) is 2.77. The predicted octanol–water partition coefficient (Wildman–Crippen LogP) is 1.61. The van der Waals surface area contributed by atoms with Crippen molar-refractivity contribution in [3.8, 4) is 5.75 Å². The number of nitro benzene ring substituents is 1. The molecule has 0 spiro atoms. The van der Waals surface area contributed by atoms with Gasteiger partial charge in [-0.2, -0.15) is 0 Å². The molecule has 0 amide bonds. The van der Waals surface area contributed by atoms with Gasteiger partial charge in [0, 0.05) is 6.07 Å². The summed E-state index contributed by atoms with van der Waals surface area (Å²) in [5.74, 6) is 0.208. The summed E-state index contributed by atoms with van der Waals surface area (Å²) in [7, 11) is 1.38. The van der Waals surface area contributed by atoms with Gasteiger partial charge in [0.2, 0.25) is 0 Å². The van der Waals surface area contributed by atoms with E-state index in [1.165, 1.54) is 13.2 Å². The van der Waals surface area contributed by atoms with Crippen molar-refractivity contribution < 1.29 is 14.8 Å². The van der Waals surface area contributed by atoms with Crippen LogP contribution in [-0.2, 0) is 0 Å². The van der Waals surface area contributed by atoms with Crippen molar-refractivity contribution in [2.75, 3.05) is 13.7 Å². The summed E-state index contributed by atoms with van der Waals surface area (Å²) in [5.41, 5.74) is 0.671. The number of nitro groups is 1. The highest BCUT2D eigenvalue weighted by atomic mass is 16.6. The van der Waals surface area contributed by atoms with E-state index in [0.29, 0.717) is 0 Å². The third kappa shape index (κ3) is 2.78. The Hall–Kier alpha value is -1.88. The molecule has 1 N–H and O–H groups in total. The Morgan fingerprint density at radius 1 is 1.60 bits per heavy atom. The minimum absolute atomic E-state index is 0.0701. The number of aliphatic hydroxyl groups excluding tert-OH is 1. The third-order valence-corrected chi connectivity index (χ3v) is 1.82. The van der Waals surface area contributed by atoms with Gasteiger partial charge in [-0.05, 0) is 17.7 Å². The van der Waals surface area contributed by atoms with E-state index in [2.05, 4.69) is 0 Å². The van der Waals surface area contributed by atoms with Crippen molar-refractivity contribution in [3.63, 3.8) is 0 Å². The molecular weight excluding hydrogens is 198 g/mol. The molecule has 0 aliphatic rings. The average Bonchev–Trinajstić information content (AvgIpc) is 2.25. The smallest absolute Gasteiger partial charge is 0.310 e. The van der Waals surface area contributed by atoms with Crippen LogP contribution in [0, 0.1) is 10.1 Å². The Morgan fingerprint density at radius 2 is 2.33 bits per heavy atom. The number of nitrogens with zero attached hydrogens (tertiary/aromatic N) is 1. The van der Waals surface area contributed by atoms with E-state index in [4.69, 9.17) is 9.84 Å². The molecule has 15 heavy (non-hydrogen) atoms. The highest BCUT2D eigenvalue weighted by Crippen LogP contribution is 2.27. The Kier molecular flexibility index (Phi) is 3.82. The van der Waals surface area contributed by atoms with Crippen LogP contribution in [0.5, 0.6) is 5.75 Å². The van der Waals surface area contributed by atoms with Crippen molar-refractivity contribution in [1.29, 1.82) is 0 Å². The second kappa shape index (κ2) is 5.11. The predicted molar refractivity (Wildman–Crippen MR) is 55.8 cm³/mol. The summed E-state index contributed by atoms with van der Waals surface area (Å²) in [4.78, 5) is 10.1. The van der Waals surface area contributed by atoms with Crippen LogP contribution in [0.1, 0.15) is 5.56 Å². The Morgan fingerprint density at radius 3 is 2.87 bits per heavy atom. The molecule has 1 aromatic rings. The first kappa shape index (κ1) is 11.2. The van der Waals surface area contributed by atoms with Crippen LogP contribution < -0.4 is 4.74 Å². The maximum atomic E-state index is 10.6. The highest BCUT2D eigenvalue weighted by Gasteiger charge is 2.13. The van der Waals surface area contributed by atoms with E-state index in [9.17, 15) is 10.1 Å². The standard InChI is InChI=1S/C10H11NO4/c1-15-10-7-8(3-2-6-12)4-5-9(10)11(13)14/h2-5,7,12H,6H2,1H3.